The second-order valence-electron chi connectivity index (χ2n) is 3.40. The molecule has 0 saturated heterocycles. The van der Waals surface area contributed by atoms with Crippen LogP contribution in [0, 0.1) is 0 Å². The van der Waals surface area contributed by atoms with Gasteiger partial charge >= 0.3 is 0 Å². The molecule has 0 aromatic heterocycles. The van der Waals surface area contributed by atoms with Crippen molar-refractivity contribution >= 4 is 17.3 Å². The predicted molar refractivity (Wildman–Crippen MR) is 73.9 cm³/mol. The van der Waals surface area contributed by atoms with Crippen molar-refractivity contribution < 1.29 is 0 Å². The van der Waals surface area contributed by atoms with Crippen LogP contribution in [0.1, 0.15) is 34.1 Å². The summed E-state index contributed by atoms with van der Waals surface area (Å²) in [5, 5.41) is 3.94. The minimum absolute atomic E-state index is 0.678. The highest BCUT2D eigenvalue weighted by Crippen LogP contribution is 2.15. The molecule has 0 fully saturated rings. The molecule has 0 aromatic carbocycles. The fourth-order valence-corrected chi connectivity index (χ4v) is 1.62. The Morgan fingerprint density at radius 2 is 2.00 bits per heavy atom. The molecule has 2 nitrogen and oxygen atoms in total. The maximum Gasteiger partial charge on any atom is 0.0858 e. The number of allylic oxidation sites excluding steroid dienone is 4. The van der Waals surface area contributed by atoms with E-state index in [-0.39, 0.29) is 0 Å². The summed E-state index contributed by atoms with van der Waals surface area (Å²) in [6, 6.07) is 0. The number of hydrogen-bond acceptors (Lipinski definition) is 2. The Bertz CT molecular complexity index is 325. The fourth-order valence-electron chi connectivity index (χ4n) is 1.28. The number of hydrogen-bond donors (Lipinski definition) is 1. The van der Waals surface area contributed by atoms with E-state index in [4.69, 9.17) is 11.6 Å². The summed E-state index contributed by atoms with van der Waals surface area (Å²) in [6.45, 7) is 12.6. The zero-order chi connectivity index (χ0) is 12.6. The molecular weight excluding hydrogens is 220 g/mol. The van der Waals surface area contributed by atoms with Crippen LogP contribution < -0.4 is 5.32 Å². The van der Waals surface area contributed by atoms with Crippen molar-refractivity contribution in [2.24, 2.45) is 4.99 Å². The average molecular weight is 241 g/mol. The van der Waals surface area contributed by atoms with Crippen LogP contribution in [0.5, 0.6) is 0 Å². The standard InChI is InChI=1S/C13H21ClN2/c1-6-9-12(14)13(16-8-3)10(4)11(5)15-7-2/h8-9,15H,3,6-7H2,1-2,4-5H3/b11-10+,12-9+,16-13?. The van der Waals surface area contributed by atoms with Crippen LogP contribution in [0.3, 0.4) is 0 Å². The van der Waals surface area contributed by atoms with Gasteiger partial charge in [-0.2, -0.15) is 0 Å². The highest BCUT2D eigenvalue weighted by molar-refractivity contribution is 6.46. The van der Waals surface area contributed by atoms with Gasteiger partial charge in [-0.15, -0.1) is 0 Å². The molecule has 0 aromatic rings. The molecule has 0 radical (unpaired) electrons. The largest absolute Gasteiger partial charge is 0.389 e. The van der Waals surface area contributed by atoms with Gasteiger partial charge in [0.05, 0.1) is 10.7 Å². The zero-order valence-corrected chi connectivity index (χ0v) is 11.4. The quantitative estimate of drug-likeness (QED) is 0.697. The monoisotopic (exact) mass is 240 g/mol. The predicted octanol–water partition coefficient (Wildman–Crippen LogP) is 4.01. The number of nitrogens with zero attached hydrogens (tertiary/aromatic N) is 1. The SMILES string of the molecule is C=CN=C(/C(Cl)=C\CC)/C(C)=C(\C)NCC. The zero-order valence-electron chi connectivity index (χ0n) is 10.6. The van der Waals surface area contributed by atoms with E-state index < -0.39 is 0 Å². The molecule has 0 aliphatic rings. The van der Waals surface area contributed by atoms with Crippen LogP contribution in [-0.2, 0) is 0 Å². The molecule has 1 N–H and O–H groups in total. The summed E-state index contributed by atoms with van der Waals surface area (Å²) in [5.41, 5.74) is 2.93. The minimum Gasteiger partial charge on any atom is -0.389 e. The molecule has 0 unspecified atom stereocenters. The van der Waals surface area contributed by atoms with E-state index >= 15 is 0 Å². The van der Waals surface area contributed by atoms with Crippen molar-refractivity contribution in [3.05, 3.63) is 35.2 Å². The normalized spacial score (nSPS) is 14.6. The van der Waals surface area contributed by atoms with Gasteiger partial charge in [-0.1, -0.05) is 31.2 Å². The highest BCUT2D eigenvalue weighted by atomic mass is 35.5. The lowest BCUT2D eigenvalue weighted by Gasteiger charge is -2.11. The van der Waals surface area contributed by atoms with Crippen molar-refractivity contribution in [3.63, 3.8) is 0 Å². The summed E-state index contributed by atoms with van der Waals surface area (Å²) in [7, 11) is 0. The molecule has 0 heterocycles. The average Bonchev–Trinajstić information content (AvgIpc) is 2.25. The van der Waals surface area contributed by atoms with Crippen molar-refractivity contribution in [2.45, 2.75) is 34.1 Å². The molecule has 16 heavy (non-hydrogen) atoms. The third-order valence-corrected chi connectivity index (χ3v) is 2.52. The number of rotatable bonds is 6. The van der Waals surface area contributed by atoms with E-state index in [0.717, 1.165) is 29.9 Å². The molecule has 0 saturated carbocycles. The Hall–Kier alpha value is -1.02. The fraction of sp³-hybridized carbons (Fsp3) is 0.462. The van der Waals surface area contributed by atoms with E-state index in [2.05, 4.69) is 23.8 Å². The Balaban J connectivity index is 5.23. The van der Waals surface area contributed by atoms with Crippen molar-refractivity contribution in [1.29, 1.82) is 0 Å². The second-order valence-corrected chi connectivity index (χ2v) is 3.81. The van der Waals surface area contributed by atoms with E-state index in [9.17, 15) is 0 Å². The van der Waals surface area contributed by atoms with Gasteiger partial charge in [-0.05, 0) is 32.8 Å². The maximum atomic E-state index is 6.19. The van der Waals surface area contributed by atoms with Gasteiger partial charge in [0.2, 0.25) is 0 Å². The minimum atomic E-state index is 0.678. The Labute approximate surface area is 104 Å². The maximum absolute atomic E-state index is 6.19. The first-order valence-corrected chi connectivity index (χ1v) is 5.92. The lowest BCUT2D eigenvalue weighted by Crippen LogP contribution is -2.15. The van der Waals surface area contributed by atoms with Gasteiger partial charge in [0.1, 0.15) is 0 Å². The molecule has 0 aliphatic heterocycles. The summed E-state index contributed by atoms with van der Waals surface area (Å²) in [5.74, 6) is 0. The first-order valence-electron chi connectivity index (χ1n) is 5.54. The first kappa shape index (κ1) is 15.0. The third kappa shape index (κ3) is 4.67. The molecule has 0 bridgehead atoms. The van der Waals surface area contributed by atoms with Crippen LogP contribution >= 0.6 is 11.6 Å². The van der Waals surface area contributed by atoms with Gasteiger partial charge < -0.3 is 5.32 Å². The van der Waals surface area contributed by atoms with Crippen LogP contribution in [0.15, 0.2) is 40.1 Å². The Morgan fingerprint density at radius 1 is 1.38 bits per heavy atom. The first-order chi connectivity index (χ1) is 7.58. The molecular formula is C13H21ClN2. The lowest BCUT2D eigenvalue weighted by atomic mass is 10.1. The van der Waals surface area contributed by atoms with Crippen molar-refractivity contribution in [2.75, 3.05) is 6.54 Å². The molecule has 3 heteroatoms. The third-order valence-electron chi connectivity index (χ3n) is 2.19. The number of halogens is 1. The van der Waals surface area contributed by atoms with Crippen LogP contribution in [0.4, 0.5) is 0 Å². The van der Waals surface area contributed by atoms with Crippen LogP contribution in [0.2, 0.25) is 0 Å². The number of aliphatic imine (C=N–C) groups is 1. The molecule has 0 aliphatic carbocycles. The van der Waals surface area contributed by atoms with Gasteiger partial charge in [-0.25, -0.2) is 0 Å². The van der Waals surface area contributed by atoms with Crippen LogP contribution in [-0.4, -0.2) is 12.3 Å². The van der Waals surface area contributed by atoms with Crippen LogP contribution in [0.25, 0.3) is 0 Å². The van der Waals surface area contributed by atoms with Gasteiger partial charge in [0.25, 0.3) is 0 Å². The summed E-state index contributed by atoms with van der Waals surface area (Å²) in [4.78, 5) is 4.23. The molecule has 0 rings (SSSR count). The molecule has 0 spiro atoms. The Morgan fingerprint density at radius 3 is 2.44 bits per heavy atom. The molecule has 0 amide bonds. The van der Waals surface area contributed by atoms with E-state index in [1.54, 1.807) is 0 Å². The van der Waals surface area contributed by atoms with Gasteiger partial charge in [-0.3, -0.25) is 4.99 Å². The molecule has 90 valence electrons. The molecule has 0 atom stereocenters. The van der Waals surface area contributed by atoms with E-state index in [1.165, 1.54) is 6.20 Å². The summed E-state index contributed by atoms with van der Waals surface area (Å²) < 4.78 is 0. The van der Waals surface area contributed by atoms with E-state index in [0.29, 0.717) is 5.03 Å². The Kier molecular flexibility index (Phi) is 7.65. The summed E-state index contributed by atoms with van der Waals surface area (Å²) >= 11 is 6.19. The van der Waals surface area contributed by atoms with Crippen molar-refractivity contribution in [3.8, 4) is 0 Å². The second kappa shape index (κ2) is 8.17. The topological polar surface area (TPSA) is 24.4 Å². The van der Waals surface area contributed by atoms with Crippen molar-refractivity contribution in [1.82, 2.24) is 5.32 Å². The lowest BCUT2D eigenvalue weighted by molar-refractivity contribution is 0.846. The van der Waals surface area contributed by atoms with Gasteiger partial charge in [0.15, 0.2) is 0 Å². The smallest absolute Gasteiger partial charge is 0.0858 e. The summed E-state index contributed by atoms with van der Waals surface area (Å²) in [6.07, 6.45) is 4.36. The highest BCUT2D eigenvalue weighted by Gasteiger charge is 2.08. The van der Waals surface area contributed by atoms with E-state index in [1.807, 2.05) is 26.8 Å². The van der Waals surface area contributed by atoms with Gasteiger partial charge in [0, 0.05) is 18.4 Å². The number of nitrogens with one attached hydrogen (secondary N) is 1.